The SMILES string of the molecule is O=C1CCC(C(=O)N2CCN(CCn3nc4c(cc3=O)CCC4)CC2)CN1. The fourth-order valence-electron chi connectivity index (χ4n) is 4.23. The van der Waals surface area contributed by atoms with Gasteiger partial charge in [0.15, 0.2) is 0 Å². The molecule has 1 atom stereocenters. The zero-order chi connectivity index (χ0) is 18.8. The lowest BCUT2D eigenvalue weighted by Crippen LogP contribution is -2.53. The van der Waals surface area contributed by atoms with E-state index in [4.69, 9.17) is 0 Å². The van der Waals surface area contributed by atoms with Gasteiger partial charge >= 0.3 is 0 Å². The first-order chi connectivity index (χ1) is 13.1. The van der Waals surface area contributed by atoms with Crippen molar-refractivity contribution in [1.82, 2.24) is 24.9 Å². The lowest BCUT2D eigenvalue weighted by atomic mass is 9.97. The van der Waals surface area contributed by atoms with Gasteiger partial charge in [-0.3, -0.25) is 19.3 Å². The van der Waals surface area contributed by atoms with Crippen molar-refractivity contribution in [2.75, 3.05) is 39.3 Å². The normalized spacial score (nSPS) is 23.2. The van der Waals surface area contributed by atoms with Gasteiger partial charge in [0.05, 0.1) is 18.2 Å². The molecule has 8 nitrogen and oxygen atoms in total. The molecule has 1 aliphatic carbocycles. The summed E-state index contributed by atoms with van der Waals surface area (Å²) in [5.74, 6) is 0.119. The van der Waals surface area contributed by atoms with Gasteiger partial charge in [-0.25, -0.2) is 4.68 Å². The molecular formula is C19H27N5O3. The van der Waals surface area contributed by atoms with Crippen LogP contribution in [0.1, 0.15) is 30.5 Å². The molecular weight excluding hydrogens is 346 g/mol. The number of hydrogen-bond acceptors (Lipinski definition) is 5. The number of fused-ring (bicyclic) bond motifs is 1. The van der Waals surface area contributed by atoms with Crippen molar-refractivity contribution in [2.24, 2.45) is 5.92 Å². The molecule has 146 valence electrons. The molecule has 2 aliphatic heterocycles. The van der Waals surface area contributed by atoms with Crippen molar-refractivity contribution >= 4 is 11.8 Å². The quantitative estimate of drug-likeness (QED) is 0.762. The fourth-order valence-corrected chi connectivity index (χ4v) is 4.23. The summed E-state index contributed by atoms with van der Waals surface area (Å²) in [4.78, 5) is 40.2. The monoisotopic (exact) mass is 373 g/mol. The maximum atomic E-state index is 12.6. The number of aryl methyl sites for hydroxylation is 2. The Balaban J connectivity index is 1.26. The van der Waals surface area contributed by atoms with Crippen molar-refractivity contribution in [3.63, 3.8) is 0 Å². The van der Waals surface area contributed by atoms with Crippen LogP contribution in [0.2, 0.25) is 0 Å². The van der Waals surface area contributed by atoms with Crippen molar-refractivity contribution < 1.29 is 9.59 Å². The van der Waals surface area contributed by atoms with Gasteiger partial charge in [0.1, 0.15) is 0 Å². The molecule has 0 spiro atoms. The average molecular weight is 373 g/mol. The van der Waals surface area contributed by atoms with Gasteiger partial charge < -0.3 is 10.2 Å². The first kappa shape index (κ1) is 18.2. The molecule has 4 rings (SSSR count). The number of piperazine rings is 1. The van der Waals surface area contributed by atoms with Crippen molar-refractivity contribution in [1.29, 1.82) is 0 Å². The smallest absolute Gasteiger partial charge is 0.267 e. The van der Waals surface area contributed by atoms with Gasteiger partial charge in [0.2, 0.25) is 11.8 Å². The Labute approximate surface area is 158 Å². The lowest BCUT2D eigenvalue weighted by molar-refractivity contribution is -0.139. The summed E-state index contributed by atoms with van der Waals surface area (Å²) in [6.45, 7) is 4.85. The molecule has 0 aromatic carbocycles. The zero-order valence-electron chi connectivity index (χ0n) is 15.7. The van der Waals surface area contributed by atoms with Gasteiger partial charge in [-0.2, -0.15) is 5.10 Å². The largest absolute Gasteiger partial charge is 0.355 e. The zero-order valence-corrected chi connectivity index (χ0v) is 15.7. The first-order valence-electron chi connectivity index (χ1n) is 9.98. The van der Waals surface area contributed by atoms with Crippen molar-refractivity contribution in [3.8, 4) is 0 Å². The van der Waals surface area contributed by atoms with Crippen LogP contribution in [0.3, 0.4) is 0 Å². The highest BCUT2D eigenvalue weighted by Gasteiger charge is 2.30. The van der Waals surface area contributed by atoms with Crippen LogP contribution in [0.25, 0.3) is 0 Å². The lowest BCUT2D eigenvalue weighted by Gasteiger charge is -2.37. The summed E-state index contributed by atoms with van der Waals surface area (Å²) < 4.78 is 1.59. The Bertz CT molecular complexity index is 772. The molecule has 0 bridgehead atoms. The van der Waals surface area contributed by atoms with Crippen LogP contribution in [-0.4, -0.2) is 70.7 Å². The number of nitrogens with zero attached hydrogens (tertiary/aromatic N) is 4. The van der Waals surface area contributed by atoms with Crippen LogP contribution in [0.4, 0.5) is 0 Å². The highest BCUT2D eigenvalue weighted by molar-refractivity contribution is 5.83. The summed E-state index contributed by atoms with van der Waals surface area (Å²) in [7, 11) is 0. The topological polar surface area (TPSA) is 87.5 Å². The van der Waals surface area contributed by atoms with E-state index < -0.39 is 0 Å². The van der Waals surface area contributed by atoms with E-state index in [2.05, 4.69) is 15.3 Å². The Hall–Kier alpha value is -2.22. The molecule has 3 heterocycles. The van der Waals surface area contributed by atoms with E-state index in [9.17, 15) is 14.4 Å². The minimum atomic E-state index is -0.0801. The van der Waals surface area contributed by atoms with E-state index in [0.717, 1.165) is 50.2 Å². The summed E-state index contributed by atoms with van der Waals surface area (Å²) in [5, 5.41) is 7.31. The Morgan fingerprint density at radius 1 is 1.11 bits per heavy atom. The second-order valence-corrected chi connectivity index (χ2v) is 7.74. The van der Waals surface area contributed by atoms with E-state index >= 15 is 0 Å². The Kier molecular flexibility index (Phi) is 5.24. The van der Waals surface area contributed by atoms with Gasteiger partial charge in [-0.05, 0) is 31.2 Å². The summed E-state index contributed by atoms with van der Waals surface area (Å²) in [6, 6.07) is 1.74. The fraction of sp³-hybridized carbons (Fsp3) is 0.684. The molecule has 2 saturated heterocycles. The van der Waals surface area contributed by atoms with Gasteiger partial charge in [-0.1, -0.05) is 0 Å². The summed E-state index contributed by atoms with van der Waals surface area (Å²) in [5.41, 5.74) is 2.18. The van der Waals surface area contributed by atoms with Gasteiger partial charge in [0.25, 0.3) is 5.56 Å². The van der Waals surface area contributed by atoms with Crippen molar-refractivity contribution in [3.05, 3.63) is 27.7 Å². The van der Waals surface area contributed by atoms with Crippen LogP contribution in [0.15, 0.2) is 10.9 Å². The predicted octanol–water partition coefficient (Wildman–Crippen LogP) is -0.598. The van der Waals surface area contributed by atoms with Gasteiger partial charge in [-0.15, -0.1) is 0 Å². The van der Waals surface area contributed by atoms with E-state index in [-0.39, 0.29) is 23.3 Å². The number of amides is 2. The average Bonchev–Trinajstić information content (AvgIpc) is 3.13. The summed E-state index contributed by atoms with van der Waals surface area (Å²) in [6.07, 6.45) is 4.13. The molecule has 1 aromatic heterocycles. The third-order valence-corrected chi connectivity index (χ3v) is 5.95. The Morgan fingerprint density at radius 2 is 1.93 bits per heavy atom. The minimum Gasteiger partial charge on any atom is -0.355 e. The standard InChI is InChI=1S/C19H27N5O3/c25-17-5-4-15(13-20-17)19(27)23-9-6-22(7-10-23)8-11-24-18(26)12-14-2-1-3-16(14)21-24/h12,15H,1-11,13H2,(H,20,25). The molecule has 3 aliphatic rings. The van der Waals surface area contributed by atoms with E-state index in [0.29, 0.717) is 39.0 Å². The number of nitrogens with one attached hydrogen (secondary N) is 1. The molecule has 27 heavy (non-hydrogen) atoms. The van der Waals surface area contributed by atoms with Crippen LogP contribution >= 0.6 is 0 Å². The highest BCUT2D eigenvalue weighted by atomic mass is 16.2. The first-order valence-corrected chi connectivity index (χ1v) is 9.98. The maximum absolute atomic E-state index is 12.6. The number of hydrogen-bond donors (Lipinski definition) is 1. The van der Waals surface area contributed by atoms with Gasteiger partial charge in [0, 0.05) is 51.8 Å². The van der Waals surface area contributed by atoms with Crippen LogP contribution in [-0.2, 0) is 29.0 Å². The number of piperidine rings is 1. The molecule has 1 N–H and O–H groups in total. The van der Waals surface area contributed by atoms with Crippen molar-refractivity contribution in [2.45, 2.75) is 38.6 Å². The van der Waals surface area contributed by atoms with Crippen LogP contribution < -0.4 is 10.9 Å². The summed E-state index contributed by atoms with van der Waals surface area (Å²) >= 11 is 0. The highest BCUT2D eigenvalue weighted by Crippen LogP contribution is 2.17. The third kappa shape index (κ3) is 4.05. The van der Waals surface area contributed by atoms with E-state index in [1.165, 1.54) is 0 Å². The molecule has 1 unspecified atom stereocenters. The predicted molar refractivity (Wildman–Crippen MR) is 99.3 cm³/mol. The molecule has 2 amide bonds. The molecule has 0 saturated carbocycles. The van der Waals surface area contributed by atoms with E-state index in [1.54, 1.807) is 10.7 Å². The Morgan fingerprint density at radius 3 is 2.67 bits per heavy atom. The number of carbonyl (C=O) groups excluding carboxylic acids is 2. The number of aromatic nitrogens is 2. The third-order valence-electron chi connectivity index (χ3n) is 5.95. The van der Waals surface area contributed by atoms with Crippen LogP contribution in [0, 0.1) is 5.92 Å². The number of rotatable bonds is 4. The molecule has 2 fully saturated rings. The second-order valence-electron chi connectivity index (χ2n) is 7.74. The molecule has 8 heteroatoms. The van der Waals surface area contributed by atoms with E-state index in [1.807, 2.05) is 4.90 Å². The van der Waals surface area contributed by atoms with Crippen LogP contribution in [0.5, 0.6) is 0 Å². The second kappa shape index (κ2) is 7.80. The minimum absolute atomic E-state index is 0.0104. The number of carbonyl (C=O) groups is 2. The maximum Gasteiger partial charge on any atom is 0.267 e. The molecule has 1 aromatic rings. The molecule has 0 radical (unpaired) electrons.